The number of hydrogen-bond donors (Lipinski definition) is 0. The van der Waals surface area contributed by atoms with Crippen LogP contribution in [0.5, 0.6) is 0 Å². The zero-order valence-corrected chi connectivity index (χ0v) is 11.6. The van der Waals surface area contributed by atoms with E-state index >= 15 is 0 Å². The molecular formula is C14H14N2O2S. The van der Waals surface area contributed by atoms with Crippen LogP contribution in [0.3, 0.4) is 0 Å². The Morgan fingerprint density at radius 1 is 1.26 bits per heavy atom. The number of carbonyl (C=O) groups is 1. The van der Waals surface area contributed by atoms with Crippen LogP contribution in [0, 0.1) is 6.92 Å². The number of aryl methyl sites for hydroxylation is 1. The van der Waals surface area contributed by atoms with Crippen molar-refractivity contribution in [2.45, 2.75) is 11.9 Å². The molecule has 0 atom stereocenters. The monoisotopic (exact) mass is 274 g/mol. The average molecular weight is 274 g/mol. The highest BCUT2D eigenvalue weighted by atomic mass is 32.2. The summed E-state index contributed by atoms with van der Waals surface area (Å²) in [6, 6.07) is 11.8. The number of carbonyl (C=O) groups excluding carboxylic acids is 1. The fourth-order valence-corrected chi connectivity index (χ4v) is 2.34. The number of aromatic nitrogens is 2. The molecule has 2 rings (SSSR count). The van der Waals surface area contributed by atoms with E-state index in [4.69, 9.17) is 0 Å². The molecule has 0 aliphatic carbocycles. The largest absolute Gasteiger partial charge is 0.468 e. The molecule has 0 saturated heterocycles. The first-order valence-electron chi connectivity index (χ1n) is 5.80. The maximum absolute atomic E-state index is 11.1. The number of rotatable bonds is 4. The van der Waals surface area contributed by atoms with Gasteiger partial charge in [0.15, 0.2) is 0 Å². The van der Waals surface area contributed by atoms with Crippen molar-refractivity contribution in [3.05, 3.63) is 42.2 Å². The predicted octanol–water partition coefficient (Wildman–Crippen LogP) is 2.72. The Kier molecular flexibility index (Phi) is 4.52. The first-order chi connectivity index (χ1) is 9.19. The molecule has 0 bridgehead atoms. The van der Waals surface area contributed by atoms with Gasteiger partial charge in [-0.3, -0.25) is 4.79 Å². The lowest BCUT2D eigenvalue weighted by Crippen LogP contribution is -2.03. The minimum atomic E-state index is -0.262. The second-order valence-electron chi connectivity index (χ2n) is 3.87. The van der Waals surface area contributed by atoms with E-state index in [2.05, 4.69) is 14.7 Å². The average Bonchev–Trinajstić information content (AvgIpc) is 2.45. The summed E-state index contributed by atoms with van der Waals surface area (Å²) in [5, 5.41) is 0.775. The van der Waals surface area contributed by atoms with Crippen LogP contribution in [0.2, 0.25) is 0 Å². The summed E-state index contributed by atoms with van der Waals surface area (Å²) in [7, 11) is 1.38. The van der Waals surface area contributed by atoms with Crippen molar-refractivity contribution in [3.8, 4) is 11.3 Å². The van der Waals surface area contributed by atoms with Gasteiger partial charge in [0.1, 0.15) is 10.9 Å². The quantitative estimate of drug-likeness (QED) is 0.487. The third-order valence-electron chi connectivity index (χ3n) is 2.45. The number of esters is 1. The molecule has 1 heterocycles. The number of hydrogen-bond acceptors (Lipinski definition) is 5. The Balaban J connectivity index is 2.22. The molecule has 4 nitrogen and oxygen atoms in total. The van der Waals surface area contributed by atoms with Crippen LogP contribution in [0.1, 0.15) is 5.82 Å². The summed E-state index contributed by atoms with van der Waals surface area (Å²) in [5.74, 6) is 0.678. The van der Waals surface area contributed by atoms with E-state index in [9.17, 15) is 4.79 Å². The molecule has 2 aromatic rings. The summed E-state index contributed by atoms with van der Waals surface area (Å²) in [6.45, 7) is 1.84. The van der Waals surface area contributed by atoms with Crippen LogP contribution < -0.4 is 0 Å². The molecule has 19 heavy (non-hydrogen) atoms. The molecule has 0 amide bonds. The molecule has 0 aliphatic heterocycles. The van der Waals surface area contributed by atoms with E-state index in [-0.39, 0.29) is 11.7 Å². The van der Waals surface area contributed by atoms with Crippen molar-refractivity contribution >= 4 is 17.7 Å². The van der Waals surface area contributed by atoms with Gasteiger partial charge in [-0.25, -0.2) is 9.97 Å². The van der Waals surface area contributed by atoms with Crippen LogP contribution >= 0.6 is 11.8 Å². The summed E-state index contributed by atoms with van der Waals surface area (Å²) >= 11 is 1.35. The number of thioether (sulfide) groups is 1. The molecule has 0 radical (unpaired) electrons. The van der Waals surface area contributed by atoms with Crippen LogP contribution in [-0.4, -0.2) is 28.8 Å². The molecule has 0 saturated carbocycles. The highest BCUT2D eigenvalue weighted by Gasteiger charge is 2.07. The van der Waals surface area contributed by atoms with Gasteiger partial charge in [0.05, 0.1) is 18.6 Å². The van der Waals surface area contributed by atoms with E-state index in [1.54, 1.807) is 0 Å². The molecule has 1 aromatic carbocycles. The molecule has 0 spiro atoms. The number of nitrogens with zero attached hydrogens (tertiary/aromatic N) is 2. The molecule has 0 fully saturated rings. The smallest absolute Gasteiger partial charge is 0.316 e. The van der Waals surface area contributed by atoms with Crippen molar-refractivity contribution in [1.82, 2.24) is 9.97 Å². The Hall–Kier alpha value is -1.88. The van der Waals surface area contributed by atoms with Gasteiger partial charge < -0.3 is 4.74 Å². The normalized spacial score (nSPS) is 10.2. The fourth-order valence-electron chi connectivity index (χ4n) is 1.56. The predicted molar refractivity (Wildman–Crippen MR) is 74.9 cm³/mol. The van der Waals surface area contributed by atoms with Gasteiger partial charge in [-0.15, -0.1) is 0 Å². The first-order valence-corrected chi connectivity index (χ1v) is 6.78. The summed E-state index contributed by atoms with van der Waals surface area (Å²) in [4.78, 5) is 19.9. The van der Waals surface area contributed by atoms with Gasteiger partial charge in [0.2, 0.25) is 0 Å². The topological polar surface area (TPSA) is 52.1 Å². The molecule has 0 N–H and O–H groups in total. The Bertz CT molecular complexity index is 573. The summed E-state index contributed by atoms with van der Waals surface area (Å²) < 4.78 is 4.61. The molecule has 98 valence electrons. The zero-order valence-electron chi connectivity index (χ0n) is 10.8. The lowest BCUT2D eigenvalue weighted by molar-refractivity contribution is -0.137. The summed E-state index contributed by atoms with van der Waals surface area (Å²) in [5.41, 5.74) is 1.90. The number of benzene rings is 1. The van der Waals surface area contributed by atoms with Gasteiger partial charge in [0, 0.05) is 5.56 Å². The van der Waals surface area contributed by atoms with E-state index in [0.717, 1.165) is 16.3 Å². The Labute approximate surface area is 116 Å². The molecule has 0 unspecified atom stereocenters. The van der Waals surface area contributed by atoms with Crippen LogP contribution in [0.25, 0.3) is 11.3 Å². The maximum Gasteiger partial charge on any atom is 0.316 e. The highest BCUT2D eigenvalue weighted by molar-refractivity contribution is 7.99. The van der Waals surface area contributed by atoms with E-state index < -0.39 is 0 Å². The van der Waals surface area contributed by atoms with E-state index in [1.165, 1.54) is 18.9 Å². The summed E-state index contributed by atoms with van der Waals surface area (Å²) in [6.07, 6.45) is 0. The molecule has 1 aromatic heterocycles. The highest BCUT2D eigenvalue weighted by Crippen LogP contribution is 2.22. The van der Waals surface area contributed by atoms with Gasteiger partial charge in [0.25, 0.3) is 0 Å². The van der Waals surface area contributed by atoms with Gasteiger partial charge in [-0.1, -0.05) is 42.1 Å². The van der Waals surface area contributed by atoms with Crippen LogP contribution in [-0.2, 0) is 9.53 Å². The lowest BCUT2D eigenvalue weighted by Gasteiger charge is -2.05. The van der Waals surface area contributed by atoms with Gasteiger partial charge in [-0.2, -0.15) is 0 Å². The third-order valence-corrected chi connectivity index (χ3v) is 3.33. The first kappa shape index (κ1) is 13.5. The standard InChI is InChI=1S/C14H14N2O2S/c1-10-15-12(11-6-4-3-5-7-11)8-13(16-10)19-9-14(17)18-2/h3-8H,9H2,1-2H3. The van der Waals surface area contributed by atoms with Crippen molar-refractivity contribution in [3.63, 3.8) is 0 Å². The second kappa shape index (κ2) is 6.33. The molecule has 0 aliphatic rings. The Morgan fingerprint density at radius 2 is 2.00 bits per heavy atom. The third kappa shape index (κ3) is 3.79. The number of ether oxygens (including phenoxy) is 1. The van der Waals surface area contributed by atoms with Crippen molar-refractivity contribution < 1.29 is 9.53 Å². The second-order valence-corrected chi connectivity index (χ2v) is 4.87. The van der Waals surface area contributed by atoms with E-state index in [1.807, 2.05) is 43.3 Å². The molecule has 5 heteroatoms. The molecular weight excluding hydrogens is 260 g/mol. The van der Waals surface area contributed by atoms with Crippen LogP contribution in [0.15, 0.2) is 41.4 Å². The SMILES string of the molecule is COC(=O)CSc1cc(-c2ccccc2)nc(C)n1. The van der Waals surface area contributed by atoms with Crippen molar-refractivity contribution in [2.75, 3.05) is 12.9 Å². The maximum atomic E-state index is 11.1. The van der Waals surface area contributed by atoms with Crippen LogP contribution in [0.4, 0.5) is 0 Å². The minimum Gasteiger partial charge on any atom is -0.468 e. The van der Waals surface area contributed by atoms with Crippen molar-refractivity contribution in [1.29, 1.82) is 0 Å². The minimum absolute atomic E-state index is 0.251. The lowest BCUT2D eigenvalue weighted by atomic mass is 10.1. The fraction of sp³-hybridized carbons (Fsp3) is 0.214. The van der Waals surface area contributed by atoms with Crippen molar-refractivity contribution in [2.24, 2.45) is 0 Å². The van der Waals surface area contributed by atoms with E-state index in [0.29, 0.717) is 5.82 Å². The zero-order chi connectivity index (χ0) is 13.7. The van der Waals surface area contributed by atoms with Gasteiger partial charge in [-0.05, 0) is 13.0 Å². The number of methoxy groups -OCH3 is 1. The Morgan fingerprint density at radius 3 is 2.68 bits per heavy atom. The van der Waals surface area contributed by atoms with Gasteiger partial charge >= 0.3 is 5.97 Å².